The van der Waals surface area contributed by atoms with Crippen LogP contribution >= 0.6 is 0 Å². The summed E-state index contributed by atoms with van der Waals surface area (Å²) in [5.41, 5.74) is 4.11. The van der Waals surface area contributed by atoms with Crippen LogP contribution in [0.2, 0.25) is 0 Å². The highest BCUT2D eigenvalue weighted by molar-refractivity contribution is 5.76. The molecule has 0 radical (unpaired) electrons. The van der Waals surface area contributed by atoms with Crippen LogP contribution in [0.5, 0.6) is 5.75 Å². The lowest BCUT2D eigenvalue weighted by Crippen LogP contribution is -2.23. The van der Waals surface area contributed by atoms with Crippen LogP contribution < -0.4 is 10.1 Å². The second-order valence-corrected chi connectivity index (χ2v) is 7.29. The number of benzene rings is 3. The number of rotatable bonds is 9. The summed E-state index contributed by atoms with van der Waals surface area (Å²) < 4.78 is 7.79. The zero-order chi connectivity index (χ0) is 21.3. The lowest BCUT2D eigenvalue weighted by molar-refractivity contribution is -0.121. The van der Waals surface area contributed by atoms with Crippen molar-refractivity contribution in [2.75, 3.05) is 0 Å². The van der Waals surface area contributed by atoms with Gasteiger partial charge in [0.2, 0.25) is 5.91 Å². The number of nitrogens with one attached hydrogen (secondary N) is 1. The Balaban J connectivity index is 1.27. The molecule has 0 fully saturated rings. The molecular weight excluding hydrogens is 386 g/mol. The van der Waals surface area contributed by atoms with E-state index >= 15 is 0 Å². The lowest BCUT2D eigenvalue weighted by Gasteiger charge is -2.12. The van der Waals surface area contributed by atoms with Crippen molar-refractivity contribution in [3.05, 3.63) is 114 Å². The fourth-order valence-electron chi connectivity index (χ4n) is 3.28. The van der Waals surface area contributed by atoms with Crippen molar-refractivity contribution < 1.29 is 9.53 Å². The van der Waals surface area contributed by atoms with Gasteiger partial charge in [0.25, 0.3) is 0 Å². The van der Waals surface area contributed by atoms with Crippen molar-refractivity contribution in [2.24, 2.45) is 0 Å². The maximum atomic E-state index is 12.4. The first-order valence-electron chi connectivity index (χ1n) is 10.4. The van der Waals surface area contributed by atoms with E-state index in [0.717, 1.165) is 28.1 Å². The van der Waals surface area contributed by atoms with Gasteiger partial charge in [0.15, 0.2) is 0 Å². The molecular formula is C26H25N3O2. The summed E-state index contributed by atoms with van der Waals surface area (Å²) >= 11 is 0. The Morgan fingerprint density at radius 1 is 0.871 bits per heavy atom. The summed E-state index contributed by atoms with van der Waals surface area (Å²) in [4.78, 5) is 12.4. The van der Waals surface area contributed by atoms with E-state index in [2.05, 4.69) is 10.4 Å². The molecule has 0 atom stereocenters. The Labute approximate surface area is 182 Å². The lowest BCUT2D eigenvalue weighted by atomic mass is 10.1. The monoisotopic (exact) mass is 411 g/mol. The van der Waals surface area contributed by atoms with Crippen molar-refractivity contribution in [1.82, 2.24) is 15.1 Å². The Kier molecular flexibility index (Phi) is 6.75. The number of nitrogens with zero attached hydrogens (tertiary/aromatic N) is 2. The van der Waals surface area contributed by atoms with Gasteiger partial charge in [0.1, 0.15) is 12.4 Å². The Hall–Kier alpha value is -3.86. The third kappa shape index (κ3) is 5.82. The maximum absolute atomic E-state index is 12.4. The molecule has 0 aliphatic carbocycles. The molecule has 156 valence electrons. The SMILES string of the molecule is O=C(CCc1cnn(-c2ccccc2)c1)NCc1ccccc1OCc1ccccc1. The van der Waals surface area contributed by atoms with E-state index in [1.54, 1.807) is 0 Å². The number of aryl methyl sites for hydroxylation is 1. The van der Waals surface area contributed by atoms with Gasteiger partial charge in [0, 0.05) is 24.7 Å². The van der Waals surface area contributed by atoms with Crippen LogP contribution in [0.1, 0.15) is 23.1 Å². The molecule has 4 rings (SSSR count). The van der Waals surface area contributed by atoms with Crippen molar-refractivity contribution in [3.8, 4) is 11.4 Å². The third-order valence-corrected chi connectivity index (χ3v) is 4.98. The van der Waals surface area contributed by atoms with Crippen molar-refractivity contribution in [3.63, 3.8) is 0 Å². The second kappa shape index (κ2) is 10.3. The average Bonchev–Trinajstić information content (AvgIpc) is 3.31. The van der Waals surface area contributed by atoms with Gasteiger partial charge >= 0.3 is 0 Å². The van der Waals surface area contributed by atoms with Gasteiger partial charge in [-0.15, -0.1) is 0 Å². The molecule has 1 N–H and O–H groups in total. The van der Waals surface area contributed by atoms with Gasteiger partial charge in [-0.25, -0.2) is 4.68 Å². The molecule has 0 unspecified atom stereocenters. The molecule has 0 bridgehead atoms. The van der Waals surface area contributed by atoms with Crippen molar-refractivity contribution in [1.29, 1.82) is 0 Å². The Morgan fingerprint density at radius 2 is 1.58 bits per heavy atom. The molecule has 1 amide bonds. The van der Waals surface area contributed by atoms with E-state index in [1.807, 2.05) is 102 Å². The standard InChI is InChI=1S/C26H25N3O2/c30-26(16-15-22-17-28-29(19-22)24-12-5-2-6-13-24)27-18-23-11-7-8-14-25(23)31-20-21-9-3-1-4-10-21/h1-14,17,19H,15-16,18,20H2,(H,27,30). The summed E-state index contributed by atoms with van der Waals surface area (Å²) in [6.07, 6.45) is 4.83. The quantitative estimate of drug-likeness (QED) is 0.434. The number of ether oxygens (including phenoxy) is 1. The molecule has 0 saturated heterocycles. The summed E-state index contributed by atoms with van der Waals surface area (Å²) in [5, 5.41) is 7.38. The van der Waals surface area contributed by atoms with E-state index < -0.39 is 0 Å². The summed E-state index contributed by atoms with van der Waals surface area (Å²) in [7, 11) is 0. The minimum Gasteiger partial charge on any atom is -0.489 e. The normalized spacial score (nSPS) is 10.6. The van der Waals surface area contributed by atoms with E-state index in [0.29, 0.717) is 26.0 Å². The van der Waals surface area contributed by atoms with Gasteiger partial charge in [-0.05, 0) is 35.7 Å². The highest BCUT2D eigenvalue weighted by Gasteiger charge is 2.08. The number of carbonyl (C=O) groups excluding carboxylic acids is 1. The Morgan fingerprint density at radius 3 is 2.39 bits per heavy atom. The minimum atomic E-state index is 0.00493. The molecule has 31 heavy (non-hydrogen) atoms. The van der Waals surface area contributed by atoms with Gasteiger partial charge < -0.3 is 10.1 Å². The maximum Gasteiger partial charge on any atom is 0.220 e. The number of hydrogen-bond acceptors (Lipinski definition) is 3. The van der Waals surface area contributed by atoms with E-state index in [-0.39, 0.29) is 5.91 Å². The zero-order valence-electron chi connectivity index (χ0n) is 17.3. The predicted molar refractivity (Wildman–Crippen MR) is 121 cm³/mol. The van der Waals surface area contributed by atoms with E-state index in [9.17, 15) is 4.79 Å². The minimum absolute atomic E-state index is 0.00493. The molecule has 0 saturated carbocycles. The van der Waals surface area contributed by atoms with Crippen LogP contribution in [-0.4, -0.2) is 15.7 Å². The fraction of sp³-hybridized carbons (Fsp3) is 0.154. The van der Waals surface area contributed by atoms with Crippen LogP contribution in [0.3, 0.4) is 0 Å². The smallest absolute Gasteiger partial charge is 0.220 e. The molecule has 5 nitrogen and oxygen atoms in total. The largest absolute Gasteiger partial charge is 0.489 e. The van der Waals surface area contributed by atoms with Crippen molar-refractivity contribution in [2.45, 2.75) is 26.0 Å². The van der Waals surface area contributed by atoms with Gasteiger partial charge in [-0.2, -0.15) is 5.10 Å². The highest BCUT2D eigenvalue weighted by atomic mass is 16.5. The van der Waals surface area contributed by atoms with Crippen LogP contribution in [0.25, 0.3) is 5.69 Å². The zero-order valence-corrected chi connectivity index (χ0v) is 17.3. The molecule has 0 spiro atoms. The molecule has 1 heterocycles. The van der Waals surface area contributed by atoms with Gasteiger partial charge in [0.05, 0.1) is 11.9 Å². The van der Waals surface area contributed by atoms with Crippen molar-refractivity contribution >= 4 is 5.91 Å². The predicted octanol–water partition coefficient (Wildman–Crippen LogP) is 4.70. The topological polar surface area (TPSA) is 56.2 Å². The van der Waals surface area contributed by atoms with Crippen LogP contribution in [0.4, 0.5) is 0 Å². The second-order valence-electron chi connectivity index (χ2n) is 7.29. The fourth-order valence-corrected chi connectivity index (χ4v) is 3.28. The molecule has 3 aromatic carbocycles. The summed E-state index contributed by atoms with van der Waals surface area (Å²) in [6.45, 7) is 0.935. The molecule has 4 aromatic rings. The molecule has 0 aliphatic heterocycles. The molecule has 5 heteroatoms. The Bertz CT molecular complexity index is 1110. The highest BCUT2D eigenvalue weighted by Crippen LogP contribution is 2.19. The molecule has 0 aliphatic rings. The third-order valence-electron chi connectivity index (χ3n) is 4.98. The van der Waals surface area contributed by atoms with Crippen LogP contribution in [-0.2, 0) is 24.4 Å². The number of aromatic nitrogens is 2. The van der Waals surface area contributed by atoms with Gasteiger partial charge in [-0.3, -0.25) is 4.79 Å². The number of para-hydroxylation sites is 2. The first-order chi connectivity index (χ1) is 15.3. The summed E-state index contributed by atoms with van der Waals surface area (Å²) in [6, 6.07) is 27.8. The van der Waals surface area contributed by atoms with E-state index in [1.165, 1.54) is 0 Å². The van der Waals surface area contributed by atoms with Gasteiger partial charge in [-0.1, -0.05) is 66.7 Å². The van der Waals surface area contributed by atoms with Crippen LogP contribution in [0, 0.1) is 0 Å². The number of hydrogen-bond donors (Lipinski definition) is 1. The number of carbonyl (C=O) groups is 1. The first kappa shape index (κ1) is 20.4. The number of amides is 1. The van der Waals surface area contributed by atoms with E-state index in [4.69, 9.17) is 4.74 Å². The average molecular weight is 412 g/mol. The first-order valence-corrected chi connectivity index (χ1v) is 10.4. The van der Waals surface area contributed by atoms with Crippen LogP contribution in [0.15, 0.2) is 97.3 Å². The molecule has 1 aromatic heterocycles. The summed E-state index contributed by atoms with van der Waals surface area (Å²) in [5.74, 6) is 0.793.